The molecule has 0 radical (unpaired) electrons. The highest BCUT2D eigenvalue weighted by atomic mass is 127. The molecule has 0 bridgehead atoms. The van der Waals surface area contributed by atoms with Crippen molar-refractivity contribution in [2.45, 2.75) is 13.3 Å². The molecule has 2 nitrogen and oxygen atoms in total. The summed E-state index contributed by atoms with van der Waals surface area (Å²) in [7, 11) is 0. The molecule has 0 aliphatic rings. The Bertz CT molecular complexity index is 351. The fraction of sp³-hybridized carbons (Fsp3) is 0.417. The minimum Gasteiger partial charge on any atom is -0.337 e. The molecule has 0 unspecified atom stereocenters. The summed E-state index contributed by atoms with van der Waals surface area (Å²) in [6.45, 7) is 3.43. The number of hydrogen-bond donors (Lipinski definition) is 0. The summed E-state index contributed by atoms with van der Waals surface area (Å²) < 4.78 is 0.987. The van der Waals surface area contributed by atoms with Crippen LogP contribution < -0.4 is 0 Å². The minimum atomic E-state index is 0.0764. The maximum absolute atomic E-state index is 12.2. The summed E-state index contributed by atoms with van der Waals surface area (Å²) >= 11 is 7.89. The second-order valence-corrected chi connectivity index (χ2v) is 5.00. The van der Waals surface area contributed by atoms with Crippen molar-refractivity contribution in [2.24, 2.45) is 0 Å². The van der Waals surface area contributed by atoms with Crippen LogP contribution in [0, 0.1) is 3.57 Å². The first kappa shape index (κ1) is 13.8. The van der Waals surface area contributed by atoms with Gasteiger partial charge in [-0.05, 0) is 41.1 Å². The normalized spacial score (nSPS) is 10.2. The molecule has 16 heavy (non-hydrogen) atoms. The molecule has 0 aromatic heterocycles. The van der Waals surface area contributed by atoms with E-state index in [1.54, 1.807) is 0 Å². The highest BCUT2D eigenvalue weighted by Gasteiger charge is 2.16. The number of rotatable bonds is 5. The molecule has 0 aliphatic carbocycles. The van der Waals surface area contributed by atoms with E-state index in [1.165, 1.54) is 0 Å². The molecule has 0 atom stereocenters. The summed E-state index contributed by atoms with van der Waals surface area (Å²) in [6, 6.07) is 7.63. The van der Waals surface area contributed by atoms with Gasteiger partial charge in [-0.15, -0.1) is 11.6 Å². The number of alkyl halides is 1. The monoisotopic (exact) mass is 351 g/mol. The van der Waals surface area contributed by atoms with Gasteiger partial charge in [-0.25, -0.2) is 0 Å². The highest BCUT2D eigenvalue weighted by Crippen LogP contribution is 2.14. The molecular formula is C12H15ClINO. The largest absolute Gasteiger partial charge is 0.337 e. The van der Waals surface area contributed by atoms with Crippen LogP contribution in [0.25, 0.3) is 0 Å². The van der Waals surface area contributed by atoms with Crippen LogP contribution in [0.3, 0.4) is 0 Å². The van der Waals surface area contributed by atoms with Crippen molar-refractivity contribution < 1.29 is 4.79 Å². The maximum atomic E-state index is 12.2. The highest BCUT2D eigenvalue weighted by molar-refractivity contribution is 14.1. The molecular weight excluding hydrogens is 336 g/mol. The van der Waals surface area contributed by atoms with Crippen LogP contribution in [0.5, 0.6) is 0 Å². The van der Waals surface area contributed by atoms with E-state index in [1.807, 2.05) is 29.2 Å². The standard InChI is InChI=1S/C12H15ClINO/c1-2-8-15(9-7-13)12(16)10-5-3-4-6-11(10)14/h3-6H,2,7-9H2,1H3. The summed E-state index contributed by atoms with van der Waals surface area (Å²) in [5, 5.41) is 0. The lowest BCUT2D eigenvalue weighted by Gasteiger charge is -2.21. The molecule has 1 rings (SSSR count). The van der Waals surface area contributed by atoms with Crippen LogP contribution >= 0.6 is 34.2 Å². The third kappa shape index (κ3) is 3.63. The molecule has 0 heterocycles. The smallest absolute Gasteiger partial charge is 0.254 e. The second kappa shape index (κ2) is 7.12. The molecule has 0 aliphatic heterocycles. The van der Waals surface area contributed by atoms with Crippen LogP contribution in [-0.2, 0) is 0 Å². The van der Waals surface area contributed by atoms with Gasteiger partial charge in [0.25, 0.3) is 5.91 Å². The van der Waals surface area contributed by atoms with Crippen molar-refractivity contribution in [3.63, 3.8) is 0 Å². The van der Waals surface area contributed by atoms with Crippen LogP contribution in [0.2, 0.25) is 0 Å². The van der Waals surface area contributed by atoms with E-state index < -0.39 is 0 Å². The van der Waals surface area contributed by atoms with Gasteiger partial charge in [0, 0.05) is 22.5 Å². The van der Waals surface area contributed by atoms with Crippen molar-refractivity contribution in [2.75, 3.05) is 19.0 Å². The van der Waals surface area contributed by atoms with Gasteiger partial charge in [-0.2, -0.15) is 0 Å². The fourth-order valence-corrected chi connectivity index (χ4v) is 2.31. The molecule has 0 fully saturated rings. The number of halogens is 2. The third-order valence-corrected chi connectivity index (χ3v) is 3.35. The van der Waals surface area contributed by atoms with Gasteiger partial charge in [0.1, 0.15) is 0 Å². The van der Waals surface area contributed by atoms with Gasteiger partial charge in [-0.3, -0.25) is 4.79 Å². The van der Waals surface area contributed by atoms with Gasteiger partial charge in [-0.1, -0.05) is 19.1 Å². The zero-order valence-corrected chi connectivity index (χ0v) is 12.2. The Morgan fingerprint density at radius 1 is 1.38 bits per heavy atom. The Balaban J connectivity index is 2.85. The lowest BCUT2D eigenvalue weighted by Crippen LogP contribution is -2.33. The lowest BCUT2D eigenvalue weighted by atomic mass is 10.2. The van der Waals surface area contributed by atoms with Crippen LogP contribution in [0.1, 0.15) is 23.7 Å². The Morgan fingerprint density at radius 2 is 2.06 bits per heavy atom. The number of amides is 1. The van der Waals surface area contributed by atoms with Gasteiger partial charge in [0.15, 0.2) is 0 Å². The average molecular weight is 352 g/mol. The zero-order chi connectivity index (χ0) is 12.0. The van der Waals surface area contributed by atoms with E-state index in [0.717, 1.165) is 22.1 Å². The summed E-state index contributed by atoms with van der Waals surface area (Å²) in [6.07, 6.45) is 0.950. The first-order chi connectivity index (χ1) is 7.70. The van der Waals surface area contributed by atoms with E-state index in [0.29, 0.717) is 12.4 Å². The molecule has 0 saturated heterocycles. The van der Waals surface area contributed by atoms with Crippen LogP contribution in [0.4, 0.5) is 0 Å². The maximum Gasteiger partial charge on any atom is 0.254 e. The molecule has 1 amide bonds. The topological polar surface area (TPSA) is 20.3 Å². The van der Waals surface area contributed by atoms with Gasteiger partial charge >= 0.3 is 0 Å². The van der Waals surface area contributed by atoms with Crippen molar-refractivity contribution in [3.8, 4) is 0 Å². The minimum absolute atomic E-state index is 0.0764. The third-order valence-electron chi connectivity index (χ3n) is 2.24. The summed E-state index contributed by atoms with van der Waals surface area (Å²) in [5.74, 6) is 0.558. The number of benzene rings is 1. The number of nitrogens with zero attached hydrogens (tertiary/aromatic N) is 1. The van der Waals surface area contributed by atoms with Gasteiger partial charge in [0.2, 0.25) is 0 Å². The van der Waals surface area contributed by atoms with E-state index in [-0.39, 0.29) is 5.91 Å². The van der Waals surface area contributed by atoms with E-state index >= 15 is 0 Å². The number of hydrogen-bond acceptors (Lipinski definition) is 1. The average Bonchev–Trinajstić information content (AvgIpc) is 2.28. The SMILES string of the molecule is CCCN(CCCl)C(=O)c1ccccc1I. The molecule has 0 saturated carbocycles. The van der Waals surface area contributed by atoms with Crippen LogP contribution in [0.15, 0.2) is 24.3 Å². The van der Waals surface area contributed by atoms with Gasteiger partial charge in [0.05, 0.1) is 5.56 Å². The van der Waals surface area contributed by atoms with Crippen molar-refractivity contribution in [3.05, 3.63) is 33.4 Å². The van der Waals surface area contributed by atoms with Gasteiger partial charge < -0.3 is 4.90 Å². The Kier molecular flexibility index (Phi) is 6.13. The Labute approximate surface area is 115 Å². The Morgan fingerprint density at radius 3 is 2.62 bits per heavy atom. The number of carbonyl (C=O) groups is 1. The van der Waals surface area contributed by atoms with E-state index in [4.69, 9.17) is 11.6 Å². The number of carbonyl (C=O) groups excluding carboxylic acids is 1. The van der Waals surface area contributed by atoms with Crippen molar-refractivity contribution in [1.29, 1.82) is 0 Å². The first-order valence-corrected chi connectivity index (χ1v) is 6.91. The second-order valence-electron chi connectivity index (χ2n) is 3.46. The summed E-state index contributed by atoms with van der Waals surface area (Å²) in [5.41, 5.74) is 0.765. The predicted octanol–water partition coefficient (Wildman–Crippen LogP) is 3.38. The van der Waals surface area contributed by atoms with Crippen molar-refractivity contribution >= 4 is 40.1 Å². The molecule has 4 heteroatoms. The quantitative estimate of drug-likeness (QED) is 0.588. The Hall–Kier alpha value is -0.290. The van der Waals surface area contributed by atoms with E-state index in [9.17, 15) is 4.79 Å². The summed E-state index contributed by atoms with van der Waals surface area (Å²) in [4.78, 5) is 14.0. The first-order valence-electron chi connectivity index (χ1n) is 5.30. The molecule has 1 aromatic rings. The molecule has 0 spiro atoms. The predicted molar refractivity (Wildman–Crippen MR) is 76.1 cm³/mol. The molecule has 0 N–H and O–H groups in total. The lowest BCUT2D eigenvalue weighted by molar-refractivity contribution is 0.0764. The zero-order valence-electron chi connectivity index (χ0n) is 9.25. The van der Waals surface area contributed by atoms with Crippen LogP contribution in [-0.4, -0.2) is 29.8 Å². The van der Waals surface area contributed by atoms with Crippen molar-refractivity contribution in [1.82, 2.24) is 4.90 Å². The van der Waals surface area contributed by atoms with E-state index in [2.05, 4.69) is 29.5 Å². The fourth-order valence-electron chi connectivity index (χ4n) is 1.49. The molecule has 88 valence electrons. The molecule has 1 aromatic carbocycles.